The number of aromatic nitrogens is 1. The van der Waals surface area contributed by atoms with Gasteiger partial charge in [-0.3, -0.25) is 9.59 Å². The molecule has 4 aromatic rings. The number of carbonyl (C=O) groups excluding carboxylic acids is 2. The molecule has 1 heterocycles. The van der Waals surface area contributed by atoms with Crippen molar-refractivity contribution < 1.29 is 9.59 Å². The third-order valence-electron chi connectivity index (χ3n) is 4.23. The third kappa shape index (κ3) is 3.57. The first-order chi connectivity index (χ1) is 13.2. The molecule has 0 saturated carbocycles. The summed E-state index contributed by atoms with van der Waals surface area (Å²) >= 11 is 0. The first kappa shape index (κ1) is 16.6. The van der Waals surface area contributed by atoms with Gasteiger partial charge in [-0.25, -0.2) is 0 Å². The molecular formula is C22H17N3O2. The number of hydrogen-bond donors (Lipinski definition) is 3. The van der Waals surface area contributed by atoms with E-state index in [1.54, 1.807) is 30.3 Å². The number of rotatable bonds is 4. The van der Waals surface area contributed by atoms with Gasteiger partial charge in [0.2, 0.25) is 0 Å². The predicted molar refractivity (Wildman–Crippen MR) is 107 cm³/mol. The predicted octanol–water partition coefficient (Wildman–Crippen LogP) is 4.67. The fourth-order valence-electron chi connectivity index (χ4n) is 2.90. The number of hydrogen-bond acceptors (Lipinski definition) is 2. The van der Waals surface area contributed by atoms with E-state index in [0.717, 1.165) is 10.9 Å². The number of H-pyrrole nitrogens is 1. The minimum atomic E-state index is -0.300. The van der Waals surface area contributed by atoms with Crippen molar-refractivity contribution in [3.63, 3.8) is 0 Å². The topological polar surface area (TPSA) is 74.0 Å². The van der Waals surface area contributed by atoms with Crippen molar-refractivity contribution in [3.05, 3.63) is 96.2 Å². The lowest BCUT2D eigenvalue weighted by molar-refractivity contribution is 0.102. The van der Waals surface area contributed by atoms with E-state index in [1.807, 2.05) is 54.6 Å². The molecule has 0 unspecified atom stereocenters. The van der Waals surface area contributed by atoms with Gasteiger partial charge < -0.3 is 15.6 Å². The number of carbonyl (C=O) groups is 2. The molecule has 0 atom stereocenters. The van der Waals surface area contributed by atoms with Crippen LogP contribution in [0, 0.1) is 0 Å². The summed E-state index contributed by atoms with van der Waals surface area (Å²) in [6, 6.07) is 25.6. The fraction of sp³-hybridized carbons (Fsp3) is 0. The van der Waals surface area contributed by atoms with E-state index in [9.17, 15) is 9.59 Å². The maximum atomic E-state index is 12.6. The Kier molecular flexibility index (Phi) is 4.41. The molecule has 5 nitrogen and oxygen atoms in total. The van der Waals surface area contributed by atoms with E-state index in [1.165, 1.54) is 0 Å². The zero-order valence-corrected chi connectivity index (χ0v) is 14.4. The van der Waals surface area contributed by atoms with Gasteiger partial charge in [0, 0.05) is 16.6 Å². The summed E-state index contributed by atoms with van der Waals surface area (Å²) in [6.07, 6.45) is 0. The monoisotopic (exact) mass is 355 g/mol. The average molecular weight is 355 g/mol. The smallest absolute Gasteiger partial charge is 0.272 e. The van der Waals surface area contributed by atoms with Crippen LogP contribution in [0.4, 0.5) is 11.4 Å². The minimum absolute atomic E-state index is 0.284. The average Bonchev–Trinajstić information content (AvgIpc) is 3.13. The van der Waals surface area contributed by atoms with E-state index in [2.05, 4.69) is 15.6 Å². The summed E-state index contributed by atoms with van der Waals surface area (Å²) in [5, 5.41) is 6.61. The summed E-state index contributed by atoms with van der Waals surface area (Å²) in [7, 11) is 0. The lowest BCUT2D eigenvalue weighted by atomic mass is 10.1. The Balaban J connectivity index is 1.57. The molecule has 1 aromatic heterocycles. The van der Waals surface area contributed by atoms with Gasteiger partial charge in [0.05, 0.1) is 11.3 Å². The van der Waals surface area contributed by atoms with Gasteiger partial charge in [-0.15, -0.1) is 0 Å². The van der Waals surface area contributed by atoms with Crippen LogP contribution in [0.3, 0.4) is 0 Å². The second-order valence-electron chi connectivity index (χ2n) is 6.09. The van der Waals surface area contributed by atoms with Gasteiger partial charge in [-0.2, -0.15) is 0 Å². The maximum absolute atomic E-state index is 12.6. The number of nitrogens with one attached hydrogen (secondary N) is 3. The van der Waals surface area contributed by atoms with Crippen molar-refractivity contribution in [2.45, 2.75) is 0 Å². The molecular weight excluding hydrogens is 338 g/mol. The van der Waals surface area contributed by atoms with Crippen molar-refractivity contribution >= 4 is 34.1 Å². The second kappa shape index (κ2) is 7.17. The summed E-state index contributed by atoms with van der Waals surface area (Å²) < 4.78 is 0. The van der Waals surface area contributed by atoms with Crippen LogP contribution < -0.4 is 10.6 Å². The normalized spacial score (nSPS) is 10.5. The van der Waals surface area contributed by atoms with Gasteiger partial charge in [0.1, 0.15) is 5.69 Å². The minimum Gasteiger partial charge on any atom is -0.351 e. The fourth-order valence-corrected chi connectivity index (χ4v) is 2.90. The first-order valence-corrected chi connectivity index (χ1v) is 8.55. The Morgan fingerprint density at radius 2 is 1.41 bits per heavy atom. The summed E-state index contributed by atoms with van der Waals surface area (Å²) in [4.78, 5) is 28.4. The van der Waals surface area contributed by atoms with E-state index in [-0.39, 0.29) is 11.8 Å². The molecule has 4 rings (SSSR count). The van der Waals surface area contributed by atoms with Crippen LogP contribution in [0.5, 0.6) is 0 Å². The van der Waals surface area contributed by atoms with Crippen LogP contribution in [-0.4, -0.2) is 16.8 Å². The number of fused-ring (bicyclic) bond motifs is 1. The number of amides is 2. The molecule has 3 N–H and O–H groups in total. The maximum Gasteiger partial charge on any atom is 0.272 e. The lowest BCUT2D eigenvalue weighted by Gasteiger charge is -2.11. The molecule has 27 heavy (non-hydrogen) atoms. The number of para-hydroxylation sites is 3. The van der Waals surface area contributed by atoms with Crippen molar-refractivity contribution in [3.8, 4) is 0 Å². The molecule has 0 aliphatic heterocycles. The standard InChI is InChI=1S/C22H17N3O2/c26-21(23-16-9-2-1-3-10-16)17-11-5-7-13-19(17)25-22(27)20-14-15-8-4-6-12-18(15)24-20/h1-14,24H,(H,23,26)(H,25,27). The lowest BCUT2D eigenvalue weighted by Crippen LogP contribution is -2.18. The Morgan fingerprint density at radius 1 is 0.704 bits per heavy atom. The van der Waals surface area contributed by atoms with Crippen LogP contribution >= 0.6 is 0 Å². The molecule has 0 saturated heterocycles. The molecule has 132 valence electrons. The molecule has 0 spiro atoms. The van der Waals surface area contributed by atoms with Gasteiger partial charge in [0.25, 0.3) is 11.8 Å². The Hall–Kier alpha value is -3.86. The largest absolute Gasteiger partial charge is 0.351 e. The molecule has 0 bridgehead atoms. The van der Waals surface area contributed by atoms with E-state index in [4.69, 9.17) is 0 Å². The summed E-state index contributed by atoms with van der Waals surface area (Å²) in [5.74, 6) is -0.583. The number of anilines is 2. The van der Waals surface area contributed by atoms with E-state index in [0.29, 0.717) is 22.6 Å². The highest BCUT2D eigenvalue weighted by molar-refractivity contribution is 6.12. The Labute approximate surface area is 156 Å². The van der Waals surface area contributed by atoms with Gasteiger partial charge in [-0.1, -0.05) is 48.5 Å². The highest BCUT2D eigenvalue weighted by Gasteiger charge is 2.15. The molecule has 0 fully saturated rings. The third-order valence-corrected chi connectivity index (χ3v) is 4.23. The van der Waals surface area contributed by atoms with Crippen LogP contribution in [0.25, 0.3) is 10.9 Å². The highest BCUT2D eigenvalue weighted by Crippen LogP contribution is 2.20. The van der Waals surface area contributed by atoms with Crippen molar-refractivity contribution in [1.29, 1.82) is 0 Å². The number of benzene rings is 3. The first-order valence-electron chi connectivity index (χ1n) is 8.55. The zero-order valence-electron chi connectivity index (χ0n) is 14.4. The molecule has 3 aromatic carbocycles. The van der Waals surface area contributed by atoms with Gasteiger partial charge in [-0.05, 0) is 36.4 Å². The van der Waals surface area contributed by atoms with Crippen molar-refractivity contribution in [1.82, 2.24) is 4.98 Å². The van der Waals surface area contributed by atoms with Crippen LogP contribution in [-0.2, 0) is 0 Å². The molecule has 2 amide bonds. The van der Waals surface area contributed by atoms with Gasteiger partial charge in [0.15, 0.2) is 0 Å². The number of aromatic amines is 1. The van der Waals surface area contributed by atoms with E-state index >= 15 is 0 Å². The van der Waals surface area contributed by atoms with Crippen LogP contribution in [0.1, 0.15) is 20.8 Å². The zero-order chi connectivity index (χ0) is 18.6. The van der Waals surface area contributed by atoms with Crippen LogP contribution in [0.15, 0.2) is 84.9 Å². The van der Waals surface area contributed by atoms with E-state index < -0.39 is 0 Å². The molecule has 0 aliphatic rings. The Bertz CT molecular complexity index is 1080. The highest BCUT2D eigenvalue weighted by atomic mass is 16.2. The SMILES string of the molecule is O=C(Nc1ccccc1C(=O)Nc1ccccc1)c1cc2ccccc2[nH]1. The summed E-state index contributed by atoms with van der Waals surface area (Å²) in [6.45, 7) is 0. The Morgan fingerprint density at radius 3 is 2.22 bits per heavy atom. The molecule has 0 aliphatic carbocycles. The second-order valence-corrected chi connectivity index (χ2v) is 6.09. The van der Waals surface area contributed by atoms with Crippen molar-refractivity contribution in [2.75, 3.05) is 10.6 Å². The van der Waals surface area contributed by atoms with Crippen LogP contribution in [0.2, 0.25) is 0 Å². The molecule has 5 heteroatoms. The molecule has 0 radical (unpaired) electrons. The summed E-state index contributed by atoms with van der Waals surface area (Å²) in [5.41, 5.74) is 2.87. The van der Waals surface area contributed by atoms with Crippen molar-refractivity contribution in [2.24, 2.45) is 0 Å². The van der Waals surface area contributed by atoms with Gasteiger partial charge >= 0.3 is 0 Å². The quantitative estimate of drug-likeness (QED) is 0.497.